The van der Waals surface area contributed by atoms with E-state index in [9.17, 15) is 0 Å². The van der Waals surface area contributed by atoms with E-state index in [2.05, 4.69) is 112 Å². The first-order chi connectivity index (χ1) is 21.3. The van der Waals surface area contributed by atoms with Crippen molar-refractivity contribution in [2.45, 2.75) is 6.04 Å². The van der Waals surface area contributed by atoms with Crippen molar-refractivity contribution in [2.75, 3.05) is 0 Å². The number of allylic oxidation sites excluding steroid dienone is 2. The van der Waals surface area contributed by atoms with Gasteiger partial charge in [0.2, 0.25) is 0 Å². The molecule has 4 aromatic heterocycles. The van der Waals surface area contributed by atoms with Crippen LogP contribution < -0.4 is 5.32 Å². The third-order valence-corrected chi connectivity index (χ3v) is 9.11. The van der Waals surface area contributed by atoms with Crippen molar-refractivity contribution in [1.82, 2.24) is 20.3 Å². The molecule has 7 aromatic rings. The molecule has 1 atom stereocenters. The summed E-state index contributed by atoms with van der Waals surface area (Å²) in [6.07, 6.45) is 13.8. The van der Waals surface area contributed by atoms with Crippen molar-refractivity contribution in [3.63, 3.8) is 0 Å². The first-order valence-corrected chi connectivity index (χ1v) is 15.1. The van der Waals surface area contributed by atoms with E-state index < -0.39 is 0 Å². The van der Waals surface area contributed by atoms with E-state index >= 15 is 0 Å². The van der Waals surface area contributed by atoms with E-state index in [1.807, 2.05) is 48.0 Å². The third-order valence-electron chi connectivity index (χ3n) is 7.89. The van der Waals surface area contributed by atoms with Crippen LogP contribution in [0, 0.1) is 0 Å². The van der Waals surface area contributed by atoms with Gasteiger partial charge in [-0.3, -0.25) is 9.97 Å². The monoisotopic (exact) mass is 570 g/mol. The molecule has 0 spiro atoms. The van der Waals surface area contributed by atoms with Gasteiger partial charge >= 0.3 is 0 Å². The molecule has 0 bridgehead atoms. The lowest BCUT2D eigenvalue weighted by Gasteiger charge is -2.24. The van der Waals surface area contributed by atoms with Crippen molar-refractivity contribution < 1.29 is 0 Å². The Bertz CT molecular complexity index is 2110. The Kier molecular flexibility index (Phi) is 6.35. The summed E-state index contributed by atoms with van der Waals surface area (Å²) < 4.78 is 2.64. The second kappa shape index (κ2) is 10.8. The zero-order chi connectivity index (χ0) is 28.6. The number of dihydropyridines is 1. The highest BCUT2D eigenvalue weighted by molar-refractivity contribution is 7.26. The van der Waals surface area contributed by atoms with Gasteiger partial charge in [-0.1, -0.05) is 66.7 Å². The van der Waals surface area contributed by atoms with Crippen LogP contribution in [0.4, 0.5) is 0 Å². The van der Waals surface area contributed by atoms with Gasteiger partial charge in [0.15, 0.2) is 0 Å². The molecule has 5 heteroatoms. The van der Waals surface area contributed by atoms with Gasteiger partial charge in [0.05, 0.1) is 17.4 Å². The van der Waals surface area contributed by atoms with Crippen molar-refractivity contribution >= 4 is 37.2 Å². The fourth-order valence-electron chi connectivity index (χ4n) is 5.79. The van der Waals surface area contributed by atoms with Crippen LogP contribution in [0.2, 0.25) is 0 Å². The Labute approximate surface area is 253 Å². The summed E-state index contributed by atoms with van der Waals surface area (Å²) in [7, 11) is 0. The molecule has 5 heterocycles. The topological polar surface area (TPSA) is 50.7 Å². The first-order valence-electron chi connectivity index (χ1n) is 14.3. The third kappa shape index (κ3) is 4.80. The van der Waals surface area contributed by atoms with Gasteiger partial charge < -0.3 is 5.32 Å². The summed E-state index contributed by atoms with van der Waals surface area (Å²) in [6.45, 7) is 0. The van der Waals surface area contributed by atoms with Crippen molar-refractivity contribution in [3.05, 3.63) is 157 Å². The maximum atomic E-state index is 4.99. The zero-order valence-electron chi connectivity index (χ0n) is 23.2. The quantitative estimate of drug-likeness (QED) is 0.224. The van der Waals surface area contributed by atoms with Gasteiger partial charge in [-0.05, 0) is 76.9 Å². The normalized spacial score (nSPS) is 14.5. The second-order valence-electron chi connectivity index (χ2n) is 10.6. The average molecular weight is 571 g/mol. The minimum Gasteiger partial charge on any atom is -0.374 e. The lowest BCUT2D eigenvalue weighted by atomic mass is 9.96. The van der Waals surface area contributed by atoms with Crippen LogP contribution >= 0.6 is 11.3 Å². The van der Waals surface area contributed by atoms with Crippen LogP contribution in [0.3, 0.4) is 0 Å². The van der Waals surface area contributed by atoms with Gasteiger partial charge in [0, 0.05) is 61.8 Å². The molecule has 0 aliphatic carbocycles. The summed E-state index contributed by atoms with van der Waals surface area (Å²) in [6, 6.07) is 36.4. The average Bonchev–Trinajstić information content (AvgIpc) is 3.48. The van der Waals surface area contributed by atoms with Gasteiger partial charge in [-0.15, -0.1) is 11.3 Å². The van der Waals surface area contributed by atoms with Crippen LogP contribution in [0.1, 0.15) is 17.2 Å². The van der Waals surface area contributed by atoms with E-state index in [0.29, 0.717) is 0 Å². The molecular weight excluding hydrogens is 545 g/mol. The molecule has 0 amide bonds. The Hall–Kier alpha value is -5.39. The van der Waals surface area contributed by atoms with E-state index in [-0.39, 0.29) is 6.04 Å². The fraction of sp³-hybridized carbons (Fsp3) is 0.0263. The predicted molar refractivity (Wildman–Crippen MR) is 178 cm³/mol. The maximum Gasteiger partial charge on any atom is 0.0728 e. The molecule has 0 saturated carbocycles. The van der Waals surface area contributed by atoms with Gasteiger partial charge in [0.1, 0.15) is 0 Å². The van der Waals surface area contributed by atoms with Crippen LogP contribution in [-0.2, 0) is 0 Å². The lowest BCUT2D eigenvalue weighted by molar-refractivity contribution is 0.763. The molecule has 0 fully saturated rings. The van der Waals surface area contributed by atoms with Crippen LogP contribution in [-0.4, -0.2) is 15.0 Å². The van der Waals surface area contributed by atoms with Crippen LogP contribution in [0.25, 0.3) is 59.5 Å². The number of hydrogen-bond donors (Lipinski definition) is 1. The Balaban J connectivity index is 1.16. The molecule has 204 valence electrons. The van der Waals surface area contributed by atoms with Crippen molar-refractivity contribution in [1.29, 1.82) is 0 Å². The molecule has 4 nitrogen and oxygen atoms in total. The molecule has 1 unspecified atom stereocenters. The Morgan fingerprint density at radius 3 is 2.09 bits per heavy atom. The first kappa shape index (κ1) is 25.3. The van der Waals surface area contributed by atoms with Gasteiger partial charge in [0.25, 0.3) is 0 Å². The summed E-state index contributed by atoms with van der Waals surface area (Å²) in [5.74, 6) is 0. The number of nitrogens with zero attached hydrogens (tertiary/aromatic N) is 3. The molecule has 8 rings (SSSR count). The molecule has 1 aliphatic rings. The Morgan fingerprint density at radius 1 is 0.628 bits per heavy atom. The van der Waals surface area contributed by atoms with Gasteiger partial charge in [-0.2, -0.15) is 0 Å². The van der Waals surface area contributed by atoms with Crippen molar-refractivity contribution in [2.24, 2.45) is 0 Å². The summed E-state index contributed by atoms with van der Waals surface area (Å²) in [5.41, 5.74) is 9.57. The number of benzene rings is 3. The van der Waals surface area contributed by atoms with Crippen LogP contribution in [0.15, 0.2) is 146 Å². The maximum absolute atomic E-state index is 4.99. The van der Waals surface area contributed by atoms with E-state index in [1.54, 1.807) is 12.4 Å². The molecule has 1 N–H and O–H groups in total. The van der Waals surface area contributed by atoms with E-state index in [1.165, 1.54) is 31.3 Å². The van der Waals surface area contributed by atoms with E-state index in [4.69, 9.17) is 4.98 Å². The summed E-state index contributed by atoms with van der Waals surface area (Å²) in [5, 5.41) is 6.43. The van der Waals surface area contributed by atoms with Crippen LogP contribution in [0.5, 0.6) is 0 Å². The zero-order valence-corrected chi connectivity index (χ0v) is 24.0. The molecule has 43 heavy (non-hydrogen) atoms. The Morgan fingerprint density at radius 2 is 1.33 bits per heavy atom. The highest BCUT2D eigenvalue weighted by Crippen LogP contribution is 2.40. The number of rotatable bonds is 5. The number of aromatic nitrogens is 3. The molecule has 0 saturated heterocycles. The molecule has 1 aliphatic heterocycles. The predicted octanol–water partition coefficient (Wildman–Crippen LogP) is 9.48. The minimum absolute atomic E-state index is 0.0245. The number of hydrogen-bond acceptors (Lipinski definition) is 5. The summed E-state index contributed by atoms with van der Waals surface area (Å²) >= 11 is 1.86. The van der Waals surface area contributed by atoms with Crippen molar-refractivity contribution in [3.8, 4) is 33.6 Å². The molecule has 0 radical (unpaired) electrons. The largest absolute Gasteiger partial charge is 0.374 e. The number of nitrogens with one attached hydrogen (secondary N) is 1. The highest BCUT2D eigenvalue weighted by Gasteiger charge is 2.18. The fourth-order valence-corrected chi connectivity index (χ4v) is 7.02. The number of pyridine rings is 3. The van der Waals surface area contributed by atoms with Gasteiger partial charge in [-0.25, -0.2) is 4.98 Å². The highest BCUT2D eigenvalue weighted by atomic mass is 32.1. The van der Waals surface area contributed by atoms with E-state index in [0.717, 1.165) is 39.3 Å². The number of thiophene rings is 1. The standard InChI is InChI=1S/C38H26N4S/c1-2-17-37-31(12-1)32-14-4-13-30(38(32)43-37)25-8-3-9-26(20-25)33-15-5-16-34(41-33)29-21-35(27-10-6-18-39-23-27)42-36(22-29)28-11-7-19-40-24-28/h1-24,34,41H. The smallest absolute Gasteiger partial charge is 0.0728 e. The SMILES string of the molecule is C1=CC(c2cc(-c3cccnc3)nc(-c3cccnc3)c2)NC(c2cccc(-c3cccc4c3sc3ccccc34)c2)=C1. The minimum atomic E-state index is -0.0245. The molecule has 3 aromatic carbocycles. The lowest BCUT2D eigenvalue weighted by Crippen LogP contribution is -2.20. The molecular formula is C38H26N4S. The number of fused-ring (bicyclic) bond motifs is 3. The second-order valence-corrected chi connectivity index (χ2v) is 11.7. The summed E-state index contributed by atoms with van der Waals surface area (Å²) in [4.78, 5) is 13.6.